The van der Waals surface area contributed by atoms with Crippen LogP contribution >= 0.6 is 23.1 Å². The zero-order chi connectivity index (χ0) is 22.0. The van der Waals surface area contributed by atoms with Crippen molar-refractivity contribution < 1.29 is 4.74 Å². The molecule has 0 saturated carbocycles. The molecular formula is C20H22N8OS2. The third kappa shape index (κ3) is 4.32. The standard InChI is InChI=1S/C20H22N8OS2/c1-12(16-22-18(21)24-19(23-16)27(2)3)31-20-26-25-17(15-10-7-11-30-15)28(20)13-8-5-6-9-14(13)29-4/h5-12H,1-4H3,(H2,21,22,23,24). The predicted octanol–water partition coefficient (Wildman–Crippen LogP) is 3.69. The molecule has 0 aliphatic carbocycles. The van der Waals surface area contributed by atoms with Gasteiger partial charge in [0.15, 0.2) is 11.0 Å². The van der Waals surface area contributed by atoms with Crippen LogP contribution in [0.3, 0.4) is 0 Å². The number of thiophene rings is 1. The number of nitrogens with two attached hydrogens (primary N) is 1. The first-order valence-corrected chi connectivity index (χ1v) is 11.2. The quantitative estimate of drug-likeness (QED) is 0.418. The molecule has 4 aromatic rings. The van der Waals surface area contributed by atoms with Gasteiger partial charge in [0.1, 0.15) is 11.6 Å². The van der Waals surface area contributed by atoms with E-state index in [2.05, 4.69) is 25.1 Å². The van der Waals surface area contributed by atoms with E-state index in [9.17, 15) is 0 Å². The Balaban J connectivity index is 1.78. The van der Waals surface area contributed by atoms with Crippen LogP contribution in [0.1, 0.15) is 18.0 Å². The molecule has 1 atom stereocenters. The molecule has 0 fully saturated rings. The molecule has 3 aromatic heterocycles. The van der Waals surface area contributed by atoms with Gasteiger partial charge in [-0.2, -0.15) is 15.0 Å². The van der Waals surface area contributed by atoms with Gasteiger partial charge >= 0.3 is 0 Å². The van der Waals surface area contributed by atoms with Gasteiger partial charge in [0.05, 0.1) is 22.9 Å². The lowest BCUT2D eigenvalue weighted by Crippen LogP contribution is -2.16. The van der Waals surface area contributed by atoms with Crippen molar-refractivity contribution in [3.05, 3.63) is 47.6 Å². The molecule has 4 rings (SSSR count). The topological polar surface area (TPSA) is 108 Å². The van der Waals surface area contributed by atoms with Crippen molar-refractivity contribution in [2.75, 3.05) is 31.8 Å². The SMILES string of the molecule is COc1ccccc1-n1c(SC(C)c2nc(N)nc(N(C)C)n2)nnc1-c1cccs1. The van der Waals surface area contributed by atoms with E-state index in [0.717, 1.165) is 22.1 Å². The molecule has 0 saturated heterocycles. The summed E-state index contributed by atoms with van der Waals surface area (Å²) in [6.07, 6.45) is 0. The van der Waals surface area contributed by atoms with Gasteiger partial charge in [-0.05, 0) is 30.5 Å². The van der Waals surface area contributed by atoms with Gasteiger partial charge in [-0.15, -0.1) is 21.5 Å². The molecule has 1 unspecified atom stereocenters. The lowest BCUT2D eigenvalue weighted by atomic mass is 10.3. The zero-order valence-electron chi connectivity index (χ0n) is 17.6. The Kier molecular flexibility index (Phi) is 6.05. The summed E-state index contributed by atoms with van der Waals surface area (Å²) < 4.78 is 7.61. The summed E-state index contributed by atoms with van der Waals surface area (Å²) in [5.74, 6) is 2.76. The molecule has 1 aromatic carbocycles. The second kappa shape index (κ2) is 8.90. The Labute approximate surface area is 188 Å². The minimum Gasteiger partial charge on any atom is -0.495 e. The number of methoxy groups -OCH3 is 1. The van der Waals surface area contributed by atoms with Gasteiger partial charge in [0.25, 0.3) is 0 Å². The number of thioether (sulfide) groups is 1. The van der Waals surface area contributed by atoms with Crippen molar-refractivity contribution in [2.45, 2.75) is 17.3 Å². The lowest BCUT2D eigenvalue weighted by Gasteiger charge is -2.16. The zero-order valence-corrected chi connectivity index (χ0v) is 19.2. The van der Waals surface area contributed by atoms with E-state index in [1.165, 1.54) is 11.8 Å². The first-order chi connectivity index (χ1) is 15.0. The molecule has 160 valence electrons. The molecule has 11 heteroatoms. The van der Waals surface area contributed by atoms with Gasteiger partial charge in [0.2, 0.25) is 11.9 Å². The normalized spacial score (nSPS) is 12.0. The number of aromatic nitrogens is 6. The number of ether oxygens (including phenoxy) is 1. The van der Waals surface area contributed by atoms with Gasteiger partial charge in [0, 0.05) is 14.1 Å². The summed E-state index contributed by atoms with van der Waals surface area (Å²) in [5.41, 5.74) is 6.77. The van der Waals surface area contributed by atoms with E-state index in [1.54, 1.807) is 23.3 Å². The number of para-hydroxylation sites is 2. The highest BCUT2D eigenvalue weighted by molar-refractivity contribution is 7.99. The van der Waals surface area contributed by atoms with E-state index in [1.807, 2.05) is 67.4 Å². The molecule has 3 heterocycles. The Morgan fingerprint density at radius 1 is 1.10 bits per heavy atom. The molecule has 2 N–H and O–H groups in total. The first-order valence-electron chi connectivity index (χ1n) is 9.46. The van der Waals surface area contributed by atoms with Crippen molar-refractivity contribution in [2.24, 2.45) is 0 Å². The van der Waals surface area contributed by atoms with Crippen LogP contribution in [0.5, 0.6) is 5.75 Å². The Hall–Kier alpha value is -3.18. The minimum atomic E-state index is -0.141. The molecule has 0 bridgehead atoms. The maximum absolute atomic E-state index is 5.91. The maximum Gasteiger partial charge on any atom is 0.229 e. The highest BCUT2D eigenvalue weighted by Crippen LogP contribution is 2.38. The number of nitrogen functional groups attached to an aromatic ring is 1. The molecule has 0 aliphatic rings. The third-order valence-electron chi connectivity index (χ3n) is 4.40. The van der Waals surface area contributed by atoms with Gasteiger partial charge in [-0.25, -0.2) is 0 Å². The molecular weight excluding hydrogens is 432 g/mol. The number of hydrogen-bond acceptors (Lipinski definition) is 10. The average molecular weight is 455 g/mol. The Bertz CT molecular complexity index is 1180. The Morgan fingerprint density at radius 2 is 1.90 bits per heavy atom. The van der Waals surface area contributed by atoms with E-state index in [-0.39, 0.29) is 11.2 Å². The first kappa shape index (κ1) is 21.1. The monoisotopic (exact) mass is 454 g/mol. The van der Waals surface area contributed by atoms with Crippen molar-refractivity contribution in [3.63, 3.8) is 0 Å². The highest BCUT2D eigenvalue weighted by Gasteiger charge is 2.23. The Morgan fingerprint density at radius 3 is 2.61 bits per heavy atom. The summed E-state index contributed by atoms with van der Waals surface area (Å²) in [4.78, 5) is 15.9. The fraction of sp³-hybridized carbons (Fsp3) is 0.250. The largest absolute Gasteiger partial charge is 0.495 e. The van der Waals surface area contributed by atoms with Crippen LogP contribution in [-0.4, -0.2) is 50.9 Å². The van der Waals surface area contributed by atoms with Crippen molar-refractivity contribution in [1.82, 2.24) is 29.7 Å². The van der Waals surface area contributed by atoms with Crippen LogP contribution in [0.4, 0.5) is 11.9 Å². The van der Waals surface area contributed by atoms with Crippen LogP contribution in [-0.2, 0) is 0 Å². The van der Waals surface area contributed by atoms with E-state index in [4.69, 9.17) is 10.5 Å². The number of anilines is 2. The van der Waals surface area contributed by atoms with Gasteiger partial charge in [-0.3, -0.25) is 4.57 Å². The van der Waals surface area contributed by atoms with Crippen LogP contribution in [0.25, 0.3) is 16.4 Å². The average Bonchev–Trinajstić information content (AvgIpc) is 3.43. The van der Waals surface area contributed by atoms with E-state index in [0.29, 0.717) is 16.9 Å². The molecule has 0 amide bonds. The highest BCUT2D eigenvalue weighted by atomic mass is 32.2. The number of nitrogens with zero attached hydrogens (tertiary/aromatic N) is 7. The molecule has 31 heavy (non-hydrogen) atoms. The summed E-state index contributed by atoms with van der Waals surface area (Å²) >= 11 is 3.10. The summed E-state index contributed by atoms with van der Waals surface area (Å²) in [6.45, 7) is 2.00. The molecule has 9 nitrogen and oxygen atoms in total. The molecule has 0 spiro atoms. The number of hydrogen-bond donors (Lipinski definition) is 1. The second-order valence-electron chi connectivity index (χ2n) is 6.80. The van der Waals surface area contributed by atoms with Crippen molar-refractivity contribution in [3.8, 4) is 22.1 Å². The van der Waals surface area contributed by atoms with Gasteiger partial charge < -0.3 is 15.4 Å². The van der Waals surface area contributed by atoms with Crippen LogP contribution in [0, 0.1) is 0 Å². The lowest BCUT2D eigenvalue weighted by molar-refractivity contribution is 0.412. The van der Waals surface area contributed by atoms with Crippen LogP contribution in [0.15, 0.2) is 46.9 Å². The maximum atomic E-state index is 5.91. The van der Waals surface area contributed by atoms with E-state index >= 15 is 0 Å². The molecule has 0 aliphatic heterocycles. The van der Waals surface area contributed by atoms with Crippen molar-refractivity contribution >= 4 is 35.0 Å². The second-order valence-corrected chi connectivity index (χ2v) is 9.05. The summed E-state index contributed by atoms with van der Waals surface area (Å²) in [5, 5.41) is 11.5. The fourth-order valence-electron chi connectivity index (χ4n) is 2.93. The number of rotatable bonds is 7. The van der Waals surface area contributed by atoms with Crippen LogP contribution < -0.4 is 15.4 Å². The summed E-state index contributed by atoms with van der Waals surface area (Å²) in [7, 11) is 5.38. The third-order valence-corrected chi connectivity index (χ3v) is 6.31. The predicted molar refractivity (Wildman–Crippen MR) is 124 cm³/mol. The molecule has 0 radical (unpaired) electrons. The minimum absolute atomic E-state index is 0.141. The van der Waals surface area contributed by atoms with E-state index < -0.39 is 0 Å². The fourth-order valence-corrected chi connectivity index (χ4v) is 4.54. The summed E-state index contributed by atoms with van der Waals surface area (Å²) in [6, 6.07) is 11.8. The number of benzene rings is 1. The smallest absolute Gasteiger partial charge is 0.229 e. The van der Waals surface area contributed by atoms with Crippen molar-refractivity contribution in [1.29, 1.82) is 0 Å². The van der Waals surface area contributed by atoms with Gasteiger partial charge in [-0.1, -0.05) is 30.0 Å². The van der Waals surface area contributed by atoms with Crippen LogP contribution in [0.2, 0.25) is 0 Å².